The molecule has 2 aliphatic rings. The third-order valence-corrected chi connectivity index (χ3v) is 7.11. The van der Waals surface area contributed by atoms with E-state index in [2.05, 4.69) is 9.97 Å². The average Bonchev–Trinajstić information content (AvgIpc) is 3.18. The predicted octanol–water partition coefficient (Wildman–Crippen LogP) is 4.96. The highest BCUT2D eigenvalue weighted by atomic mass is 32.2. The van der Waals surface area contributed by atoms with Gasteiger partial charge < -0.3 is 23.8 Å². The molecule has 0 spiro atoms. The first kappa shape index (κ1) is 30.8. The van der Waals surface area contributed by atoms with Gasteiger partial charge in [-0.2, -0.15) is 0 Å². The molecule has 4 rings (SSSR count). The van der Waals surface area contributed by atoms with Gasteiger partial charge in [0.1, 0.15) is 30.3 Å². The zero-order valence-corrected chi connectivity index (χ0v) is 25.1. The van der Waals surface area contributed by atoms with Gasteiger partial charge in [0.05, 0.1) is 17.1 Å². The summed E-state index contributed by atoms with van der Waals surface area (Å²) in [5, 5.41) is -0.536. The fourth-order valence-electron chi connectivity index (χ4n) is 4.18. The molecule has 0 aliphatic carbocycles. The van der Waals surface area contributed by atoms with Gasteiger partial charge in [-0.3, -0.25) is 19.3 Å². The molecule has 2 aliphatic heterocycles. The van der Waals surface area contributed by atoms with Crippen molar-refractivity contribution in [3.05, 3.63) is 46.6 Å². The van der Waals surface area contributed by atoms with Crippen molar-refractivity contribution >= 4 is 41.0 Å². The lowest BCUT2D eigenvalue weighted by Gasteiger charge is -2.33. The second-order valence-corrected chi connectivity index (χ2v) is 11.6. The number of piperidine rings is 1. The molecule has 2 aromatic rings. The van der Waals surface area contributed by atoms with E-state index in [0.717, 1.165) is 16.7 Å². The topological polar surface area (TPSA) is 137 Å². The maximum Gasteiger partial charge on any atom is 0.410 e. The van der Waals surface area contributed by atoms with Gasteiger partial charge in [0, 0.05) is 25.9 Å². The van der Waals surface area contributed by atoms with Crippen LogP contribution in [0.25, 0.3) is 6.08 Å². The second-order valence-electron chi connectivity index (χ2n) is 10.6. The van der Waals surface area contributed by atoms with E-state index in [1.165, 1.54) is 6.33 Å². The van der Waals surface area contributed by atoms with Crippen molar-refractivity contribution in [2.45, 2.75) is 59.2 Å². The number of nitrogens with zero attached hydrogens (tertiary/aromatic N) is 4. The Balaban J connectivity index is 1.39. The largest absolute Gasteiger partial charge is 0.474 e. The number of rotatable bonds is 8. The van der Waals surface area contributed by atoms with Crippen molar-refractivity contribution < 1.29 is 38.1 Å². The van der Waals surface area contributed by atoms with Gasteiger partial charge in [-0.1, -0.05) is 12.1 Å². The minimum absolute atomic E-state index is 0.132. The average molecular weight is 599 g/mol. The van der Waals surface area contributed by atoms with Crippen LogP contribution in [-0.4, -0.2) is 80.9 Å². The second kappa shape index (κ2) is 13.2. The van der Waals surface area contributed by atoms with Crippen LogP contribution in [0.2, 0.25) is 0 Å². The van der Waals surface area contributed by atoms with Gasteiger partial charge >= 0.3 is 12.1 Å². The maximum absolute atomic E-state index is 12.7. The number of imide groups is 1. The summed E-state index contributed by atoms with van der Waals surface area (Å²) in [5.41, 5.74) is 0.681. The summed E-state index contributed by atoms with van der Waals surface area (Å²) in [6.07, 6.45) is 3.72. The van der Waals surface area contributed by atoms with Gasteiger partial charge in [-0.15, -0.1) is 0 Å². The van der Waals surface area contributed by atoms with Crippen molar-refractivity contribution in [3.63, 3.8) is 0 Å². The summed E-state index contributed by atoms with van der Waals surface area (Å²) in [7, 11) is 0. The number of carbonyl (C=O) groups excluding carboxylic acids is 4. The number of likely N-dealkylation sites (tertiary alicyclic amines) is 1. The highest BCUT2D eigenvalue weighted by molar-refractivity contribution is 8.18. The Morgan fingerprint density at radius 3 is 2.52 bits per heavy atom. The number of hydrogen-bond acceptors (Lipinski definition) is 11. The molecule has 2 saturated heterocycles. The quantitative estimate of drug-likeness (QED) is 0.301. The number of ether oxygens (including phenoxy) is 4. The van der Waals surface area contributed by atoms with Crippen LogP contribution in [0.1, 0.15) is 51.7 Å². The molecule has 0 N–H and O–H groups in total. The zero-order chi connectivity index (χ0) is 30.4. The first-order chi connectivity index (χ1) is 19.9. The lowest BCUT2D eigenvalue weighted by Crippen LogP contribution is -2.44. The van der Waals surface area contributed by atoms with Crippen molar-refractivity contribution in [2.24, 2.45) is 0 Å². The van der Waals surface area contributed by atoms with E-state index in [1.807, 2.05) is 20.8 Å². The van der Waals surface area contributed by atoms with Crippen LogP contribution in [0.15, 0.2) is 35.5 Å². The number of esters is 1. The van der Waals surface area contributed by atoms with Crippen LogP contribution in [0.4, 0.5) is 9.59 Å². The number of thioether (sulfide) groups is 1. The van der Waals surface area contributed by atoms with Gasteiger partial charge in [0.15, 0.2) is 0 Å². The van der Waals surface area contributed by atoms with E-state index >= 15 is 0 Å². The summed E-state index contributed by atoms with van der Waals surface area (Å²) in [6.45, 7) is 9.72. The molecule has 3 heterocycles. The fourth-order valence-corrected chi connectivity index (χ4v) is 5.02. The van der Waals surface area contributed by atoms with Crippen LogP contribution in [0.5, 0.6) is 17.5 Å². The summed E-state index contributed by atoms with van der Waals surface area (Å²) in [4.78, 5) is 60.4. The fraction of sp³-hybridized carbons (Fsp3) is 0.448. The van der Waals surface area contributed by atoms with E-state index < -0.39 is 29.3 Å². The number of carbonyl (C=O) groups is 4. The van der Waals surface area contributed by atoms with Crippen molar-refractivity contribution in [1.29, 1.82) is 0 Å². The number of aromatic nitrogens is 2. The first-order valence-corrected chi connectivity index (χ1v) is 14.4. The number of benzene rings is 1. The zero-order valence-electron chi connectivity index (χ0n) is 24.2. The van der Waals surface area contributed by atoms with Crippen molar-refractivity contribution in [2.75, 3.05) is 26.2 Å². The normalized spacial score (nSPS) is 17.0. The van der Waals surface area contributed by atoms with Gasteiger partial charge in [-0.25, -0.2) is 14.8 Å². The third kappa shape index (κ3) is 7.99. The third-order valence-electron chi connectivity index (χ3n) is 6.20. The Morgan fingerprint density at radius 2 is 1.83 bits per heavy atom. The maximum atomic E-state index is 12.7. The summed E-state index contributed by atoms with van der Waals surface area (Å²) >= 11 is 0.755. The molecule has 2 fully saturated rings. The van der Waals surface area contributed by atoms with Crippen molar-refractivity contribution in [3.8, 4) is 17.5 Å². The Bertz CT molecular complexity index is 1380. The molecule has 0 atom stereocenters. The Morgan fingerprint density at radius 1 is 1.12 bits per heavy atom. The Kier molecular flexibility index (Phi) is 9.71. The monoisotopic (exact) mass is 598 g/mol. The van der Waals surface area contributed by atoms with E-state index in [9.17, 15) is 19.2 Å². The summed E-state index contributed by atoms with van der Waals surface area (Å²) < 4.78 is 22.5. The predicted molar refractivity (Wildman–Crippen MR) is 154 cm³/mol. The van der Waals surface area contributed by atoms with Crippen LogP contribution in [-0.2, 0) is 19.1 Å². The molecule has 224 valence electrons. The minimum atomic E-state index is -0.647. The molecule has 0 unspecified atom stereocenters. The standard InChI is InChI=1S/C29H34N4O8S/c1-6-38-23(34)16-33-26(35)22(42-28(33)37)15-19-8-7-9-21(14-19)40-25-18(2)24(30-17-31-25)39-20-10-12-32(13-11-20)27(36)41-29(3,4)5/h7-9,14-15,17,20H,6,10-13,16H2,1-5H3. The van der Waals surface area contributed by atoms with Crippen molar-refractivity contribution in [1.82, 2.24) is 19.8 Å². The first-order valence-electron chi connectivity index (χ1n) is 13.6. The highest BCUT2D eigenvalue weighted by Crippen LogP contribution is 2.34. The van der Waals surface area contributed by atoms with E-state index in [0.29, 0.717) is 54.6 Å². The van der Waals surface area contributed by atoms with Crippen LogP contribution < -0.4 is 9.47 Å². The van der Waals surface area contributed by atoms with Crippen LogP contribution in [0.3, 0.4) is 0 Å². The van der Waals surface area contributed by atoms with Gasteiger partial charge in [0.2, 0.25) is 11.8 Å². The molecule has 1 aromatic carbocycles. The molecule has 3 amide bonds. The molecule has 13 heteroatoms. The Labute approximate surface area is 248 Å². The molecule has 1 aromatic heterocycles. The minimum Gasteiger partial charge on any atom is -0.474 e. The Hall–Kier alpha value is -4.13. The van der Waals surface area contributed by atoms with E-state index in [4.69, 9.17) is 18.9 Å². The number of amides is 3. The highest BCUT2D eigenvalue weighted by Gasteiger charge is 2.36. The molecular formula is C29H34N4O8S. The smallest absolute Gasteiger partial charge is 0.410 e. The number of hydrogen-bond donors (Lipinski definition) is 0. The van der Waals surface area contributed by atoms with Gasteiger partial charge in [0.25, 0.3) is 11.1 Å². The van der Waals surface area contributed by atoms with E-state index in [-0.39, 0.29) is 23.7 Å². The molecule has 0 radical (unpaired) electrons. The lowest BCUT2D eigenvalue weighted by atomic mass is 10.1. The molecule has 42 heavy (non-hydrogen) atoms. The van der Waals surface area contributed by atoms with Gasteiger partial charge in [-0.05, 0) is 70.2 Å². The summed E-state index contributed by atoms with van der Waals surface area (Å²) in [5.74, 6) is -0.0609. The SMILES string of the molecule is CCOC(=O)CN1C(=O)SC(=Cc2cccc(Oc3ncnc(OC4CCN(C(=O)OC(C)(C)C)CC4)c3C)c2)C1=O. The van der Waals surface area contributed by atoms with Crippen LogP contribution >= 0.6 is 11.8 Å². The molecular weight excluding hydrogens is 564 g/mol. The lowest BCUT2D eigenvalue weighted by molar-refractivity contribution is -0.145. The van der Waals surface area contributed by atoms with Crippen LogP contribution in [0, 0.1) is 6.92 Å². The molecule has 0 bridgehead atoms. The van der Waals surface area contributed by atoms with E-state index in [1.54, 1.807) is 49.1 Å². The summed E-state index contributed by atoms with van der Waals surface area (Å²) in [6, 6.07) is 6.94. The molecule has 0 saturated carbocycles. The molecule has 12 nitrogen and oxygen atoms in total.